The highest BCUT2D eigenvalue weighted by Crippen LogP contribution is 2.21. The van der Waals surface area contributed by atoms with Crippen LogP contribution in [0.1, 0.15) is 44.0 Å². The largest absolute Gasteiger partial charge is 0.494 e. The smallest absolute Gasteiger partial charge is 0.252 e. The molecule has 0 spiro atoms. The molecule has 0 bridgehead atoms. The Kier molecular flexibility index (Phi) is 5.82. The van der Waals surface area contributed by atoms with Gasteiger partial charge in [-0.2, -0.15) is 0 Å². The first-order valence-electron chi connectivity index (χ1n) is 6.97. The number of nitrogen functional groups attached to an aromatic ring is 1. The normalized spacial score (nSPS) is 11.2. The second kappa shape index (κ2) is 7.14. The van der Waals surface area contributed by atoms with Gasteiger partial charge in [-0.25, -0.2) is 0 Å². The number of amides is 1. The van der Waals surface area contributed by atoms with Gasteiger partial charge in [0, 0.05) is 17.3 Å². The van der Waals surface area contributed by atoms with E-state index >= 15 is 0 Å². The number of rotatable bonds is 7. The van der Waals surface area contributed by atoms with Gasteiger partial charge >= 0.3 is 0 Å². The predicted molar refractivity (Wildman–Crippen MR) is 79.9 cm³/mol. The van der Waals surface area contributed by atoms with Crippen LogP contribution in [0.25, 0.3) is 0 Å². The summed E-state index contributed by atoms with van der Waals surface area (Å²) >= 11 is 0. The van der Waals surface area contributed by atoms with Gasteiger partial charge in [-0.3, -0.25) is 4.79 Å². The van der Waals surface area contributed by atoms with E-state index in [0.717, 1.165) is 0 Å². The average Bonchev–Trinajstić information content (AvgIpc) is 2.44. The van der Waals surface area contributed by atoms with E-state index in [9.17, 15) is 9.90 Å². The van der Waals surface area contributed by atoms with Crippen LogP contribution in [0.15, 0.2) is 18.2 Å². The van der Waals surface area contributed by atoms with E-state index in [1.54, 1.807) is 18.2 Å². The number of carbonyl (C=O) groups excluding carboxylic acids is 1. The summed E-state index contributed by atoms with van der Waals surface area (Å²) in [7, 11) is 0. The minimum absolute atomic E-state index is 0.0909. The van der Waals surface area contributed by atoms with E-state index in [-0.39, 0.29) is 12.5 Å². The molecule has 0 radical (unpaired) electrons. The summed E-state index contributed by atoms with van der Waals surface area (Å²) in [5.41, 5.74) is 6.10. The lowest BCUT2D eigenvalue weighted by Gasteiger charge is -2.30. The Morgan fingerprint density at radius 2 is 1.95 bits per heavy atom. The zero-order chi connectivity index (χ0) is 15.2. The molecule has 0 saturated carbocycles. The summed E-state index contributed by atoms with van der Waals surface area (Å²) in [6.45, 7) is 6.16. The molecule has 4 N–H and O–H groups in total. The van der Waals surface area contributed by atoms with Gasteiger partial charge in [0.2, 0.25) is 0 Å². The lowest BCUT2D eigenvalue weighted by molar-refractivity contribution is 0.0817. The standard InChI is InChI=1S/C15H24N2O3/c1-4-15(5-2,10-18)17-14(19)11-7-12(16)9-13(8-11)20-6-3/h7-9,18H,4-6,10,16H2,1-3H3,(H,17,19). The number of nitrogens with one attached hydrogen (secondary N) is 1. The highest BCUT2D eigenvalue weighted by atomic mass is 16.5. The summed E-state index contributed by atoms with van der Waals surface area (Å²) in [6, 6.07) is 4.94. The van der Waals surface area contributed by atoms with Crippen LogP contribution in [0.3, 0.4) is 0 Å². The van der Waals surface area contributed by atoms with Gasteiger partial charge in [0.1, 0.15) is 5.75 Å². The first kappa shape index (κ1) is 16.3. The van der Waals surface area contributed by atoms with Crippen molar-refractivity contribution in [2.24, 2.45) is 0 Å². The number of nitrogens with two attached hydrogens (primary N) is 1. The molecular formula is C15H24N2O3. The lowest BCUT2D eigenvalue weighted by atomic mass is 9.93. The van der Waals surface area contributed by atoms with Crippen molar-refractivity contribution in [1.82, 2.24) is 5.32 Å². The molecule has 0 aliphatic carbocycles. The third kappa shape index (κ3) is 3.87. The van der Waals surface area contributed by atoms with Crippen molar-refractivity contribution in [2.45, 2.75) is 39.2 Å². The van der Waals surface area contributed by atoms with Gasteiger partial charge in [0.15, 0.2) is 0 Å². The third-order valence-electron chi connectivity index (χ3n) is 3.54. The first-order valence-corrected chi connectivity index (χ1v) is 6.97. The molecular weight excluding hydrogens is 256 g/mol. The number of hydrogen-bond acceptors (Lipinski definition) is 4. The Hall–Kier alpha value is -1.75. The van der Waals surface area contributed by atoms with E-state index in [2.05, 4.69) is 5.32 Å². The number of carbonyl (C=O) groups is 1. The Morgan fingerprint density at radius 3 is 2.45 bits per heavy atom. The molecule has 112 valence electrons. The zero-order valence-electron chi connectivity index (χ0n) is 12.4. The summed E-state index contributed by atoms with van der Waals surface area (Å²) in [5.74, 6) is 0.316. The van der Waals surface area contributed by atoms with Crippen molar-refractivity contribution >= 4 is 11.6 Å². The summed E-state index contributed by atoms with van der Waals surface area (Å²) in [6.07, 6.45) is 1.32. The number of anilines is 1. The summed E-state index contributed by atoms with van der Waals surface area (Å²) in [5, 5.41) is 12.4. The van der Waals surface area contributed by atoms with Crippen LogP contribution >= 0.6 is 0 Å². The molecule has 20 heavy (non-hydrogen) atoms. The molecule has 5 heteroatoms. The maximum atomic E-state index is 12.3. The average molecular weight is 280 g/mol. The van der Waals surface area contributed by atoms with E-state index in [4.69, 9.17) is 10.5 Å². The van der Waals surface area contributed by atoms with Crippen LogP contribution in [-0.4, -0.2) is 29.8 Å². The monoisotopic (exact) mass is 280 g/mol. The van der Waals surface area contributed by atoms with E-state index in [0.29, 0.717) is 36.4 Å². The van der Waals surface area contributed by atoms with Crippen molar-refractivity contribution in [1.29, 1.82) is 0 Å². The van der Waals surface area contributed by atoms with E-state index in [1.807, 2.05) is 20.8 Å². The zero-order valence-corrected chi connectivity index (χ0v) is 12.4. The van der Waals surface area contributed by atoms with Crippen LogP contribution in [0.2, 0.25) is 0 Å². The molecule has 1 aromatic rings. The Balaban J connectivity index is 2.97. The Morgan fingerprint density at radius 1 is 1.30 bits per heavy atom. The molecule has 0 aliphatic rings. The Bertz CT molecular complexity index is 448. The van der Waals surface area contributed by atoms with Gasteiger partial charge in [-0.15, -0.1) is 0 Å². The maximum absolute atomic E-state index is 12.3. The SMILES string of the molecule is CCOc1cc(N)cc(C(=O)NC(CC)(CC)CO)c1. The van der Waals surface area contributed by atoms with Gasteiger partial charge in [0.25, 0.3) is 5.91 Å². The lowest BCUT2D eigenvalue weighted by Crippen LogP contribution is -2.50. The van der Waals surface area contributed by atoms with Crippen LogP contribution in [0.4, 0.5) is 5.69 Å². The van der Waals surface area contributed by atoms with Crippen molar-refractivity contribution in [3.63, 3.8) is 0 Å². The summed E-state index contributed by atoms with van der Waals surface area (Å²) in [4.78, 5) is 12.3. The van der Waals surface area contributed by atoms with Crippen molar-refractivity contribution in [3.05, 3.63) is 23.8 Å². The van der Waals surface area contributed by atoms with Crippen LogP contribution in [-0.2, 0) is 0 Å². The summed E-state index contributed by atoms with van der Waals surface area (Å²) < 4.78 is 5.38. The second-order valence-corrected chi connectivity index (χ2v) is 4.82. The molecule has 1 rings (SSSR count). The van der Waals surface area contributed by atoms with Gasteiger partial charge in [-0.05, 0) is 31.9 Å². The third-order valence-corrected chi connectivity index (χ3v) is 3.54. The van der Waals surface area contributed by atoms with Crippen LogP contribution in [0.5, 0.6) is 5.75 Å². The number of hydrogen-bond donors (Lipinski definition) is 3. The Labute approximate surface area is 120 Å². The van der Waals surface area contributed by atoms with Gasteiger partial charge in [-0.1, -0.05) is 13.8 Å². The first-order chi connectivity index (χ1) is 9.50. The topological polar surface area (TPSA) is 84.6 Å². The highest BCUT2D eigenvalue weighted by Gasteiger charge is 2.27. The van der Waals surface area contributed by atoms with E-state index in [1.165, 1.54) is 0 Å². The van der Waals surface area contributed by atoms with Crippen LogP contribution < -0.4 is 15.8 Å². The fraction of sp³-hybridized carbons (Fsp3) is 0.533. The molecule has 5 nitrogen and oxygen atoms in total. The minimum atomic E-state index is -0.590. The predicted octanol–water partition coefficient (Wildman–Crippen LogP) is 1.95. The maximum Gasteiger partial charge on any atom is 0.252 e. The number of ether oxygens (including phenoxy) is 1. The minimum Gasteiger partial charge on any atom is -0.494 e. The van der Waals surface area contributed by atoms with Gasteiger partial charge < -0.3 is 20.9 Å². The molecule has 0 fully saturated rings. The number of aliphatic hydroxyl groups excluding tert-OH is 1. The fourth-order valence-electron chi connectivity index (χ4n) is 2.01. The van der Waals surface area contributed by atoms with Crippen molar-refractivity contribution < 1.29 is 14.6 Å². The van der Waals surface area contributed by atoms with Crippen molar-refractivity contribution in [3.8, 4) is 5.75 Å². The second-order valence-electron chi connectivity index (χ2n) is 4.82. The molecule has 0 aromatic heterocycles. The number of aliphatic hydroxyl groups is 1. The van der Waals surface area contributed by atoms with Crippen molar-refractivity contribution in [2.75, 3.05) is 18.9 Å². The molecule has 0 atom stereocenters. The fourth-order valence-corrected chi connectivity index (χ4v) is 2.01. The quantitative estimate of drug-likeness (QED) is 0.666. The van der Waals surface area contributed by atoms with Gasteiger partial charge in [0.05, 0.1) is 18.8 Å². The molecule has 1 aromatic carbocycles. The molecule has 0 saturated heterocycles. The highest BCUT2D eigenvalue weighted by molar-refractivity contribution is 5.96. The molecule has 0 aliphatic heterocycles. The van der Waals surface area contributed by atoms with Crippen LogP contribution in [0, 0.1) is 0 Å². The number of benzene rings is 1. The molecule has 0 unspecified atom stereocenters. The van der Waals surface area contributed by atoms with E-state index < -0.39 is 5.54 Å². The molecule has 0 heterocycles. The molecule has 1 amide bonds.